The molecule has 0 atom stereocenters. The van der Waals surface area contributed by atoms with Gasteiger partial charge in [-0.1, -0.05) is 11.3 Å². The molecule has 4 rings (SSSR count). The number of nitrogens with zero attached hydrogens (tertiary/aromatic N) is 2. The highest BCUT2D eigenvalue weighted by atomic mass is 32.1. The second kappa shape index (κ2) is 5.18. The van der Waals surface area contributed by atoms with Crippen molar-refractivity contribution in [2.75, 3.05) is 5.32 Å². The molecule has 1 fully saturated rings. The molecular formula is C17H15N3OS. The topological polar surface area (TPSA) is 54.9 Å². The van der Waals surface area contributed by atoms with Crippen LogP contribution < -0.4 is 5.32 Å². The van der Waals surface area contributed by atoms with Crippen molar-refractivity contribution in [2.45, 2.75) is 19.8 Å². The Labute approximate surface area is 132 Å². The van der Waals surface area contributed by atoms with Gasteiger partial charge in [0.15, 0.2) is 0 Å². The normalized spacial score (nSPS) is 14.2. The first kappa shape index (κ1) is 13.4. The Hall–Kier alpha value is -2.27. The summed E-state index contributed by atoms with van der Waals surface area (Å²) in [5.41, 5.74) is 3.93. The summed E-state index contributed by atoms with van der Waals surface area (Å²) < 4.78 is 0. The molecule has 5 heteroatoms. The summed E-state index contributed by atoms with van der Waals surface area (Å²) in [6.45, 7) is 2.01. The average Bonchev–Trinajstić information content (AvgIpc) is 3.28. The lowest BCUT2D eigenvalue weighted by Gasteiger charge is -2.09. The summed E-state index contributed by atoms with van der Waals surface area (Å²) in [5.74, 6) is 0.356. The third-order valence-electron chi connectivity index (χ3n) is 3.85. The van der Waals surface area contributed by atoms with E-state index in [9.17, 15) is 4.79 Å². The van der Waals surface area contributed by atoms with Crippen molar-refractivity contribution < 1.29 is 4.79 Å². The number of pyridine rings is 1. The minimum atomic E-state index is 0.139. The van der Waals surface area contributed by atoms with Gasteiger partial charge in [-0.15, -0.1) is 0 Å². The standard InChI is InChI=1S/C17H15N3OS/c1-10-9-12(6-7-13(10)19-15(21)11-4-5-11)16-20-14-3-2-8-18-17(14)22-16/h2-3,6-9,11H,4-5H2,1H3,(H,19,21). The zero-order chi connectivity index (χ0) is 15.1. The molecule has 1 aliphatic rings. The number of nitrogens with one attached hydrogen (secondary N) is 1. The quantitative estimate of drug-likeness (QED) is 0.795. The highest BCUT2D eigenvalue weighted by molar-refractivity contribution is 7.21. The van der Waals surface area contributed by atoms with Crippen molar-refractivity contribution in [1.29, 1.82) is 0 Å². The molecule has 110 valence electrons. The van der Waals surface area contributed by atoms with Crippen LogP contribution in [0, 0.1) is 12.8 Å². The van der Waals surface area contributed by atoms with E-state index in [4.69, 9.17) is 0 Å². The van der Waals surface area contributed by atoms with Crippen LogP contribution in [-0.4, -0.2) is 15.9 Å². The summed E-state index contributed by atoms with van der Waals surface area (Å²) in [7, 11) is 0. The number of carbonyl (C=O) groups is 1. The zero-order valence-electron chi connectivity index (χ0n) is 12.2. The van der Waals surface area contributed by atoms with E-state index in [0.29, 0.717) is 0 Å². The lowest BCUT2D eigenvalue weighted by Crippen LogP contribution is -2.14. The van der Waals surface area contributed by atoms with Crippen molar-refractivity contribution in [3.8, 4) is 10.6 Å². The van der Waals surface area contributed by atoms with Gasteiger partial charge in [-0.2, -0.15) is 0 Å². The number of fused-ring (bicyclic) bond motifs is 1. The van der Waals surface area contributed by atoms with E-state index < -0.39 is 0 Å². The number of amides is 1. The Morgan fingerprint density at radius 2 is 2.18 bits per heavy atom. The van der Waals surface area contributed by atoms with Gasteiger partial charge in [-0.25, -0.2) is 9.97 Å². The monoisotopic (exact) mass is 309 g/mol. The fourth-order valence-electron chi connectivity index (χ4n) is 2.41. The molecule has 1 saturated carbocycles. The number of aromatic nitrogens is 2. The van der Waals surface area contributed by atoms with Crippen LogP contribution in [0.1, 0.15) is 18.4 Å². The lowest BCUT2D eigenvalue weighted by atomic mass is 10.1. The lowest BCUT2D eigenvalue weighted by molar-refractivity contribution is -0.117. The smallest absolute Gasteiger partial charge is 0.227 e. The van der Waals surface area contributed by atoms with Gasteiger partial charge in [0.2, 0.25) is 5.91 Å². The van der Waals surface area contributed by atoms with Gasteiger partial charge in [0.1, 0.15) is 15.4 Å². The van der Waals surface area contributed by atoms with E-state index in [1.807, 2.05) is 31.2 Å². The second-order valence-electron chi connectivity index (χ2n) is 5.64. The van der Waals surface area contributed by atoms with Crippen molar-refractivity contribution in [2.24, 2.45) is 5.92 Å². The fourth-order valence-corrected chi connectivity index (χ4v) is 3.31. The first-order valence-corrected chi connectivity index (χ1v) is 8.16. The van der Waals surface area contributed by atoms with Crippen LogP contribution in [0.15, 0.2) is 36.5 Å². The number of benzene rings is 1. The Balaban J connectivity index is 1.64. The predicted octanol–water partition coefficient (Wildman–Crippen LogP) is 4.02. The maximum Gasteiger partial charge on any atom is 0.227 e. The maximum absolute atomic E-state index is 11.9. The number of rotatable bonds is 3. The number of hydrogen-bond acceptors (Lipinski definition) is 4. The summed E-state index contributed by atoms with van der Waals surface area (Å²) in [6.07, 6.45) is 3.81. The van der Waals surface area contributed by atoms with Crippen molar-refractivity contribution in [3.63, 3.8) is 0 Å². The molecule has 1 N–H and O–H groups in total. The number of thiazole rings is 1. The second-order valence-corrected chi connectivity index (χ2v) is 6.62. The first-order chi connectivity index (χ1) is 10.7. The minimum absolute atomic E-state index is 0.139. The van der Waals surface area contributed by atoms with Crippen molar-refractivity contribution in [1.82, 2.24) is 9.97 Å². The summed E-state index contributed by atoms with van der Waals surface area (Å²) in [4.78, 5) is 21.8. The average molecular weight is 309 g/mol. The van der Waals surface area contributed by atoms with E-state index in [2.05, 4.69) is 21.4 Å². The summed E-state index contributed by atoms with van der Waals surface area (Å²) in [5, 5.41) is 3.96. The number of anilines is 1. The largest absolute Gasteiger partial charge is 0.326 e. The SMILES string of the molecule is Cc1cc(-c2nc3cccnc3s2)ccc1NC(=O)C1CC1. The number of hydrogen-bond donors (Lipinski definition) is 1. The molecule has 3 aromatic rings. The van der Waals surface area contributed by atoms with Crippen LogP contribution in [0.3, 0.4) is 0 Å². The number of carbonyl (C=O) groups excluding carboxylic acids is 1. The third kappa shape index (κ3) is 2.48. The highest BCUT2D eigenvalue weighted by Crippen LogP contribution is 2.33. The summed E-state index contributed by atoms with van der Waals surface area (Å²) >= 11 is 1.58. The van der Waals surface area contributed by atoms with E-state index in [-0.39, 0.29) is 11.8 Å². The van der Waals surface area contributed by atoms with Gasteiger partial charge in [0, 0.05) is 23.4 Å². The molecule has 0 radical (unpaired) electrons. The maximum atomic E-state index is 11.9. The van der Waals surface area contributed by atoms with Gasteiger partial charge >= 0.3 is 0 Å². The molecule has 0 unspecified atom stereocenters. The predicted molar refractivity (Wildman–Crippen MR) is 88.9 cm³/mol. The van der Waals surface area contributed by atoms with E-state index in [1.54, 1.807) is 17.5 Å². The van der Waals surface area contributed by atoms with Crippen LogP contribution in [0.5, 0.6) is 0 Å². The highest BCUT2D eigenvalue weighted by Gasteiger charge is 2.29. The molecule has 1 aliphatic carbocycles. The molecule has 22 heavy (non-hydrogen) atoms. The van der Waals surface area contributed by atoms with Crippen LogP contribution >= 0.6 is 11.3 Å². The van der Waals surface area contributed by atoms with Crippen LogP contribution in [0.25, 0.3) is 20.9 Å². The van der Waals surface area contributed by atoms with Crippen LogP contribution in [0.4, 0.5) is 5.69 Å². The van der Waals surface area contributed by atoms with E-state index >= 15 is 0 Å². The van der Waals surface area contributed by atoms with Crippen molar-refractivity contribution >= 4 is 33.3 Å². The van der Waals surface area contributed by atoms with Gasteiger partial charge < -0.3 is 5.32 Å². The molecule has 0 bridgehead atoms. The van der Waals surface area contributed by atoms with Gasteiger partial charge in [-0.05, 0) is 55.7 Å². The molecule has 2 aromatic heterocycles. The Morgan fingerprint density at radius 3 is 2.91 bits per heavy atom. The third-order valence-corrected chi connectivity index (χ3v) is 4.87. The number of aryl methyl sites for hydroxylation is 1. The molecule has 0 spiro atoms. The molecule has 1 amide bonds. The van der Waals surface area contributed by atoms with E-state index in [1.165, 1.54) is 0 Å². The van der Waals surface area contributed by atoms with E-state index in [0.717, 1.165) is 45.0 Å². The molecule has 0 saturated heterocycles. The van der Waals surface area contributed by atoms with Gasteiger partial charge in [0.05, 0.1) is 0 Å². The van der Waals surface area contributed by atoms with Crippen LogP contribution in [0.2, 0.25) is 0 Å². The molecule has 0 aliphatic heterocycles. The molecule has 4 nitrogen and oxygen atoms in total. The van der Waals surface area contributed by atoms with Crippen LogP contribution in [-0.2, 0) is 4.79 Å². The summed E-state index contributed by atoms with van der Waals surface area (Å²) in [6, 6.07) is 9.91. The minimum Gasteiger partial charge on any atom is -0.326 e. The van der Waals surface area contributed by atoms with Gasteiger partial charge in [0.25, 0.3) is 0 Å². The van der Waals surface area contributed by atoms with Gasteiger partial charge in [-0.3, -0.25) is 4.79 Å². The molecule has 1 aromatic carbocycles. The molecular weight excluding hydrogens is 294 g/mol. The molecule has 2 heterocycles. The Kier molecular flexibility index (Phi) is 3.15. The zero-order valence-corrected chi connectivity index (χ0v) is 13.0. The van der Waals surface area contributed by atoms with Crippen molar-refractivity contribution in [3.05, 3.63) is 42.1 Å². The first-order valence-electron chi connectivity index (χ1n) is 7.34. The Morgan fingerprint density at radius 1 is 1.32 bits per heavy atom. The fraction of sp³-hybridized carbons (Fsp3) is 0.235. The Bertz CT molecular complexity index is 834.